The summed E-state index contributed by atoms with van der Waals surface area (Å²) in [7, 11) is 1.53. The van der Waals surface area contributed by atoms with Crippen LogP contribution in [0.5, 0.6) is 5.75 Å². The number of H-pyrrole nitrogens is 1. The number of anilines is 1. The molecule has 0 spiro atoms. The lowest BCUT2D eigenvalue weighted by atomic mass is 9.93. The number of amides is 1. The second-order valence-electron chi connectivity index (χ2n) is 10.2. The number of unbranched alkanes of at least 4 members (excludes halogenated alkanes) is 9. The van der Waals surface area contributed by atoms with Crippen LogP contribution in [-0.4, -0.2) is 41.6 Å². The van der Waals surface area contributed by atoms with Gasteiger partial charge in [0.1, 0.15) is 11.7 Å². The van der Waals surface area contributed by atoms with Crippen molar-refractivity contribution in [2.75, 3.05) is 19.0 Å². The van der Waals surface area contributed by atoms with Crippen LogP contribution in [-0.2, 0) is 9.53 Å². The summed E-state index contributed by atoms with van der Waals surface area (Å²) in [5, 5.41) is 9.61. The van der Waals surface area contributed by atoms with Gasteiger partial charge in [-0.1, -0.05) is 76.3 Å². The van der Waals surface area contributed by atoms with Gasteiger partial charge >= 0.3 is 5.97 Å². The summed E-state index contributed by atoms with van der Waals surface area (Å²) < 4.78 is 11.1. The number of aromatic nitrogens is 2. The predicted octanol–water partition coefficient (Wildman–Crippen LogP) is 8.52. The normalized spacial score (nSPS) is 11.6. The van der Waals surface area contributed by atoms with Crippen molar-refractivity contribution in [1.29, 1.82) is 0 Å². The Morgan fingerprint density at radius 2 is 1.55 bits per heavy atom. The molecule has 42 heavy (non-hydrogen) atoms. The SMILES string of the molecule is CCCCCCCCCCCCOC(=O)c1ccc(Cl)c(NC(=O)C(C(=O)c2ccc(OC)cc2)c2[nH]ncc2Br)c1. The van der Waals surface area contributed by atoms with Crippen LogP contribution in [0.15, 0.2) is 53.1 Å². The number of rotatable bonds is 18. The molecule has 0 bridgehead atoms. The fourth-order valence-corrected chi connectivity index (χ4v) is 5.16. The maximum absolute atomic E-state index is 13.5. The maximum Gasteiger partial charge on any atom is 0.338 e. The van der Waals surface area contributed by atoms with E-state index >= 15 is 0 Å². The molecule has 0 aliphatic heterocycles. The zero-order chi connectivity index (χ0) is 30.3. The molecule has 2 N–H and O–H groups in total. The predicted molar refractivity (Wildman–Crippen MR) is 169 cm³/mol. The quantitative estimate of drug-likeness (QED) is 0.0613. The highest BCUT2D eigenvalue weighted by molar-refractivity contribution is 9.10. The van der Waals surface area contributed by atoms with Gasteiger partial charge in [-0.15, -0.1) is 0 Å². The van der Waals surface area contributed by atoms with Gasteiger partial charge < -0.3 is 14.8 Å². The molecule has 1 amide bonds. The number of hydrogen-bond donors (Lipinski definition) is 2. The first-order valence-corrected chi connectivity index (χ1v) is 15.7. The lowest BCUT2D eigenvalue weighted by Gasteiger charge is -2.17. The number of benzene rings is 2. The van der Waals surface area contributed by atoms with Crippen molar-refractivity contribution < 1.29 is 23.9 Å². The molecule has 3 rings (SSSR count). The number of Topliss-reactive ketones (excluding diaryl/α,β-unsaturated/α-hetero) is 1. The molecule has 2 aromatic carbocycles. The minimum absolute atomic E-state index is 0.193. The summed E-state index contributed by atoms with van der Waals surface area (Å²) in [6.07, 6.45) is 13.4. The van der Waals surface area contributed by atoms with Crippen molar-refractivity contribution in [2.45, 2.75) is 77.0 Å². The van der Waals surface area contributed by atoms with E-state index in [1.165, 1.54) is 70.4 Å². The molecule has 0 fully saturated rings. The van der Waals surface area contributed by atoms with Gasteiger partial charge in [-0.3, -0.25) is 14.7 Å². The van der Waals surface area contributed by atoms with E-state index in [1.54, 1.807) is 30.3 Å². The molecule has 10 heteroatoms. The van der Waals surface area contributed by atoms with Crippen LogP contribution in [0, 0.1) is 0 Å². The van der Waals surface area contributed by atoms with Gasteiger partial charge in [-0.25, -0.2) is 4.79 Å². The van der Waals surface area contributed by atoms with Gasteiger partial charge in [-0.05, 0) is 64.8 Å². The van der Waals surface area contributed by atoms with Crippen molar-refractivity contribution in [1.82, 2.24) is 10.2 Å². The summed E-state index contributed by atoms with van der Waals surface area (Å²) >= 11 is 9.72. The molecule has 0 saturated heterocycles. The zero-order valence-corrected chi connectivity index (χ0v) is 26.6. The molecular weight excluding hydrogens is 622 g/mol. The topological polar surface area (TPSA) is 110 Å². The Hall–Kier alpha value is -3.17. The summed E-state index contributed by atoms with van der Waals surface area (Å²) in [5.41, 5.74) is 1.05. The number of methoxy groups -OCH3 is 1. The van der Waals surface area contributed by atoms with Gasteiger partial charge in [0.05, 0.1) is 46.4 Å². The van der Waals surface area contributed by atoms with E-state index in [9.17, 15) is 14.4 Å². The molecule has 1 unspecified atom stereocenters. The van der Waals surface area contributed by atoms with E-state index in [0.717, 1.165) is 19.3 Å². The number of halogens is 2. The molecule has 1 aromatic heterocycles. The summed E-state index contributed by atoms with van der Waals surface area (Å²) in [4.78, 5) is 39.7. The van der Waals surface area contributed by atoms with Gasteiger partial charge in [0.25, 0.3) is 0 Å². The summed E-state index contributed by atoms with van der Waals surface area (Å²) in [6, 6.07) is 11.0. The third-order valence-corrected chi connectivity index (χ3v) is 7.96. The second-order valence-corrected chi connectivity index (χ2v) is 11.4. The third-order valence-electron chi connectivity index (χ3n) is 7.00. The van der Waals surface area contributed by atoms with Crippen molar-refractivity contribution in [3.63, 3.8) is 0 Å². The summed E-state index contributed by atoms with van der Waals surface area (Å²) in [6.45, 7) is 2.55. The van der Waals surface area contributed by atoms with E-state index in [0.29, 0.717) is 22.4 Å². The number of hydrogen-bond acceptors (Lipinski definition) is 6. The fraction of sp³-hybridized carbons (Fsp3) is 0.438. The zero-order valence-electron chi connectivity index (χ0n) is 24.2. The van der Waals surface area contributed by atoms with Crippen LogP contribution in [0.25, 0.3) is 0 Å². The highest BCUT2D eigenvalue weighted by atomic mass is 79.9. The Kier molecular flexibility index (Phi) is 14.1. The number of ketones is 1. The first-order valence-electron chi connectivity index (χ1n) is 14.5. The number of esters is 1. The Morgan fingerprint density at radius 3 is 2.14 bits per heavy atom. The first-order chi connectivity index (χ1) is 20.3. The number of nitrogens with zero attached hydrogens (tertiary/aromatic N) is 1. The van der Waals surface area contributed by atoms with Crippen LogP contribution in [0.2, 0.25) is 5.02 Å². The van der Waals surface area contributed by atoms with E-state index in [1.807, 2.05) is 0 Å². The molecule has 0 radical (unpaired) electrons. The Balaban J connectivity index is 1.58. The van der Waals surface area contributed by atoms with Crippen molar-refractivity contribution in [2.24, 2.45) is 0 Å². The first kappa shape index (κ1) is 33.3. The molecule has 0 aliphatic rings. The van der Waals surface area contributed by atoms with Crippen LogP contribution in [0.1, 0.15) is 103 Å². The van der Waals surface area contributed by atoms with Gasteiger partial charge in [0, 0.05) is 5.56 Å². The molecule has 0 saturated carbocycles. The van der Waals surface area contributed by atoms with Gasteiger partial charge in [0.2, 0.25) is 5.91 Å². The Labute approximate surface area is 261 Å². The second kappa shape index (κ2) is 17.7. The minimum Gasteiger partial charge on any atom is -0.497 e. The molecular formula is C32H39BrClN3O5. The number of nitrogens with one attached hydrogen (secondary N) is 2. The van der Waals surface area contributed by atoms with E-state index in [-0.39, 0.29) is 22.0 Å². The van der Waals surface area contributed by atoms with E-state index in [4.69, 9.17) is 21.1 Å². The van der Waals surface area contributed by atoms with E-state index in [2.05, 4.69) is 38.4 Å². The lowest BCUT2D eigenvalue weighted by molar-refractivity contribution is -0.116. The van der Waals surface area contributed by atoms with Crippen LogP contribution >= 0.6 is 27.5 Å². The maximum atomic E-state index is 13.5. The van der Waals surface area contributed by atoms with Crippen molar-refractivity contribution in [3.8, 4) is 5.75 Å². The molecule has 8 nitrogen and oxygen atoms in total. The Bertz CT molecular complexity index is 1310. The monoisotopic (exact) mass is 659 g/mol. The fourth-order valence-electron chi connectivity index (χ4n) is 4.58. The van der Waals surface area contributed by atoms with Crippen LogP contribution < -0.4 is 10.1 Å². The highest BCUT2D eigenvalue weighted by Crippen LogP contribution is 2.30. The Morgan fingerprint density at radius 1 is 0.929 bits per heavy atom. The standard InChI is InChI=1S/C32H39BrClN3O5/c1-3-4-5-6-7-8-9-10-11-12-19-42-32(40)23-15-18-26(34)27(20-23)36-31(39)28(29-25(33)21-35-37-29)30(38)22-13-16-24(41-2)17-14-22/h13-18,20-21,28H,3-12,19H2,1-2H3,(H,35,37)(H,36,39). The van der Waals surface area contributed by atoms with E-state index < -0.39 is 23.6 Å². The van der Waals surface area contributed by atoms with Crippen molar-refractivity contribution in [3.05, 3.63) is 75.0 Å². The molecule has 1 atom stereocenters. The van der Waals surface area contributed by atoms with Crippen molar-refractivity contribution >= 4 is 50.9 Å². The molecule has 1 heterocycles. The van der Waals surface area contributed by atoms with Gasteiger partial charge in [0.15, 0.2) is 5.78 Å². The average Bonchev–Trinajstić information content (AvgIpc) is 3.41. The number of aromatic amines is 1. The average molecular weight is 661 g/mol. The molecule has 226 valence electrons. The number of carbonyl (C=O) groups excluding carboxylic acids is 3. The smallest absolute Gasteiger partial charge is 0.338 e. The molecule has 3 aromatic rings. The highest BCUT2D eigenvalue weighted by Gasteiger charge is 2.33. The number of carbonyl (C=O) groups is 3. The van der Waals surface area contributed by atoms with Crippen LogP contribution in [0.3, 0.4) is 0 Å². The summed E-state index contributed by atoms with van der Waals surface area (Å²) in [5.74, 6) is -2.28. The van der Waals surface area contributed by atoms with Gasteiger partial charge in [-0.2, -0.15) is 5.10 Å². The number of ether oxygens (including phenoxy) is 2. The molecule has 0 aliphatic carbocycles. The lowest BCUT2D eigenvalue weighted by Crippen LogP contribution is -2.29. The van der Waals surface area contributed by atoms with Crippen LogP contribution in [0.4, 0.5) is 5.69 Å². The largest absolute Gasteiger partial charge is 0.497 e. The third kappa shape index (κ3) is 9.98. The minimum atomic E-state index is -1.27.